The van der Waals surface area contributed by atoms with Gasteiger partial charge in [-0.05, 0) is 62.7 Å². The van der Waals surface area contributed by atoms with Crippen LogP contribution < -0.4 is 0 Å². The minimum Gasteiger partial charge on any atom is -0.481 e. The summed E-state index contributed by atoms with van der Waals surface area (Å²) in [5, 5.41) is 29.5. The van der Waals surface area contributed by atoms with Gasteiger partial charge in [0.25, 0.3) is 0 Å². The number of aliphatic hydroxyl groups excluding tert-OH is 2. The van der Waals surface area contributed by atoms with Crippen LogP contribution in [0, 0.1) is 23.7 Å². The molecule has 0 aromatic rings. The Morgan fingerprint density at radius 2 is 2.00 bits per heavy atom. The molecule has 5 atom stereocenters. The summed E-state index contributed by atoms with van der Waals surface area (Å²) in [6.45, 7) is 0. The molecule has 4 heteroatoms. The first-order chi connectivity index (χ1) is 12.0. The van der Waals surface area contributed by atoms with E-state index in [0.29, 0.717) is 24.2 Å². The molecular weight excluding hydrogens is 316 g/mol. The van der Waals surface area contributed by atoms with E-state index >= 15 is 0 Å². The third-order valence-electron chi connectivity index (χ3n) is 6.55. The van der Waals surface area contributed by atoms with Crippen molar-refractivity contribution < 1.29 is 20.1 Å². The Hall–Kier alpha value is -1.13. The van der Waals surface area contributed by atoms with Crippen molar-refractivity contribution in [1.82, 2.24) is 0 Å². The van der Waals surface area contributed by atoms with E-state index in [1.54, 1.807) is 0 Å². The van der Waals surface area contributed by atoms with Gasteiger partial charge in [-0.1, -0.05) is 36.6 Å². The molecule has 3 saturated carbocycles. The van der Waals surface area contributed by atoms with Crippen LogP contribution in [0.5, 0.6) is 0 Å². The lowest BCUT2D eigenvalue weighted by Gasteiger charge is -2.19. The zero-order valence-corrected chi connectivity index (χ0v) is 15.0. The minimum absolute atomic E-state index is 0.158. The lowest BCUT2D eigenvalue weighted by atomic mass is 9.89. The highest BCUT2D eigenvalue weighted by atomic mass is 16.4. The van der Waals surface area contributed by atoms with Gasteiger partial charge in [-0.3, -0.25) is 4.79 Å². The Labute approximate surface area is 150 Å². The molecule has 0 bridgehead atoms. The number of fused-ring (bicyclic) bond motifs is 1. The fraction of sp³-hybridized carbons (Fsp3) is 0.762. The van der Waals surface area contributed by atoms with Crippen molar-refractivity contribution in [2.45, 2.75) is 76.4 Å². The van der Waals surface area contributed by atoms with Gasteiger partial charge in [-0.15, -0.1) is 0 Å². The molecule has 25 heavy (non-hydrogen) atoms. The summed E-state index contributed by atoms with van der Waals surface area (Å²) < 4.78 is 0. The van der Waals surface area contributed by atoms with Gasteiger partial charge in [0, 0.05) is 12.3 Å². The average Bonchev–Trinajstić information content (AvgIpc) is 3.26. The van der Waals surface area contributed by atoms with Crippen LogP contribution >= 0.6 is 0 Å². The number of allylic oxidation sites excluding steroid dienone is 2. The molecule has 140 valence electrons. The van der Waals surface area contributed by atoms with E-state index in [-0.39, 0.29) is 24.5 Å². The molecule has 4 nitrogen and oxygen atoms in total. The van der Waals surface area contributed by atoms with Crippen molar-refractivity contribution in [2.75, 3.05) is 0 Å². The summed E-state index contributed by atoms with van der Waals surface area (Å²) in [7, 11) is 0. The first-order valence-electron chi connectivity index (χ1n) is 9.98. The summed E-state index contributed by atoms with van der Waals surface area (Å²) >= 11 is 0. The molecule has 0 heterocycles. The number of rotatable bonds is 7. The Kier molecular flexibility index (Phi) is 6.34. The summed E-state index contributed by atoms with van der Waals surface area (Å²) in [4.78, 5) is 10.6. The van der Waals surface area contributed by atoms with E-state index < -0.39 is 5.97 Å². The smallest absolute Gasteiger partial charge is 0.303 e. The zero-order chi connectivity index (χ0) is 17.8. The topological polar surface area (TPSA) is 77.8 Å². The van der Waals surface area contributed by atoms with Gasteiger partial charge in [0.2, 0.25) is 0 Å². The SMILES string of the molecule is O=C(O)CCC/C=C1/C[C@H]2C[C@@H](O)[C@H](/C=C/[C@@H](O)C3CCCC3)[C@H]2C1. The van der Waals surface area contributed by atoms with Crippen LogP contribution in [0.2, 0.25) is 0 Å². The molecule has 3 rings (SSSR count). The molecule has 0 spiro atoms. The van der Waals surface area contributed by atoms with Crippen molar-refractivity contribution in [3.05, 3.63) is 23.8 Å². The van der Waals surface area contributed by atoms with Crippen LogP contribution in [-0.2, 0) is 4.79 Å². The quantitative estimate of drug-likeness (QED) is 0.484. The van der Waals surface area contributed by atoms with Crippen LogP contribution in [0.3, 0.4) is 0 Å². The largest absolute Gasteiger partial charge is 0.481 e. The van der Waals surface area contributed by atoms with Gasteiger partial charge in [0.1, 0.15) is 0 Å². The maximum absolute atomic E-state index is 10.6. The normalized spacial score (nSPS) is 35.7. The first kappa shape index (κ1) is 18.7. The van der Waals surface area contributed by atoms with Crippen molar-refractivity contribution in [3.8, 4) is 0 Å². The molecular formula is C21H32O4. The van der Waals surface area contributed by atoms with E-state index in [0.717, 1.165) is 38.5 Å². The van der Waals surface area contributed by atoms with Crippen LogP contribution in [0.1, 0.15) is 64.2 Å². The third kappa shape index (κ3) is 4.73. The molecule has 3 aliphatic carbocycles. The molecule has 0 aliphatic heterocycles. The van der Waals surface area contributed by atoms with Crippen molar-refractivity contribution in [1.29, 1.82) is 0 Å². The number of hydrogen-bond donors (Lipinski definition) is 3. The van der Waals surface area contributed by atoms with Gasteiger partial charge in [0.05, 0.1) is 12.2 Å². The van der Waals surface area contributed by atoms with Gasteiger partial charge in [-0.25, -0.2) is 0 Å². The first-order valence-corrected chi connectivity index (χ1v) is 9.98. The molecule has 0 amide bonds. The number of carboxylic acids is 1. The summed E-state index contributed by atoms with van der Waals surface area (Å²) in [6, 6.07) is 0. The number of hydrogen-bond acceptors (Lipinski definition) is 3. The fourth-order valence-electron chi connectivity index (χ4n) is 5.20. The maximum Gasteiger partial charge on any atom is 0.303 e. The monoisotopic (exact) mass is 348 g/mol. The van der Waals surface area contributed by atoms with Crippen molar-refractivity contribution >= 4 is 5.97 Å². The molecule has 0 radical (unpaired) electrons. The number of carboxylic acid groups (broad SMARTS) is 1. The van der Waals surface area contributed by atoms with Crippen LogP contribution in [0.4, 0.5) is 0 Å². The van der Waals surface area contributed by atoms with E-state index in [4.69, 9.17) is 5.11 Å². The van der Waals surface area contributed by atoms with Crippen molar-refractivity contribution in [3.63, 3.8) is 0 Å². The minimum atomic E-state index is -0.726. The Bertz CT molecular complexity index is 518. The van der Waals surface area contributed by atoms with E-state index in [1.807, 2.05) is 6.08 Å². The highest BCUT2D eigenvalue weighted by molar-refractivity contribution is 5.66. The highest BCUT2D eigenvalue weighted by Crippen LogP contribution is 2.50. The number of aliphatic carboxylic acids is 1. The maximum atomic E-state index is 10.6. The van der Waals surface area contributed by atoms with Crippen LogP contribution in [-0.4, -0.2) is 33.5 Å². The summed E-state index contributed by atoms with van der Waals surface area (Å²) in [5.74, 6) is 0.854. The number of aliphatic hydroxyl groups is 2. The number of unbranched alkanes of at least 4 members (excludes halogenated alkanes) is 1. The predicted molar refractivity (Wildman–Crippen MR) is 97.0 cm³/mol. The molecule has 0 saturated heterocycles. The van der Waals surface area contributed by atoms with Gasteiger partial charge in [0.15, 0.2) is 0 Å². The van der Waals surface area contributed by atoms with Crippen molar-refractivity contribution in [2.24, 2.45) is 23.7 Å². The van der Waals surface area contributed by atoms with E-state index in [1.165, 1.54) is 18.4 Å². The fourth-order valence-corrected chi connectivity index (χ4v) is 5.20. The second-order valence-electron chi connectivity index (χ2n) is 8.28. The molecule has 3 aliphatic rings. The molecule has 0 aromatic carbocycles. The Morgan fingerprint density at radius 1 is 1.24 bits per heavy atom. The molecule has 3 N–H and O–H groups in total. The zero-order valence-electron chi connectivity index (χ0n) is 15.0. The van der Waals surface area contributed by atoms with E-state index in [2.05, 4.69) is 12.2 Å². The van der Waals surface area contributed by atoms with E-state index in [9.17, 15) is 15.0 Å². The standard InChI is InChI=1S/C21H32O4/c22-19(15-6-2-3-7-15)10-9-17-18-12-14(5-1-4-8-21(24)25)11-16(18)13-20(17)23/h5,9-10,15-20,22-23H,1-4,6-8,11-13H2,(H,24,25)/b10-9+,14-5-/t16-,17+,18-,19+,20+/m0/s1. The summed E-state index contributed by atoms with van der Waals surface area (Å²) in [5.41, 5.74) is 1.43. The second kappa shape index (κ2) is 8.50. The predicted octanol–water partition coefficient (Wildman–Crippen LogP) is 3.68. The van der Waals surface area contributed by atoms with Crippen LogP contribution in [0.15, 0.2) is 23.8 Å². The average molecular weight is 348 g/mol. The lowest BCUT2D eigenvalue weighted by molar-refractivity contribution is -0.137. The van der Waals surface area contributed by atoms with Gasteiger partial charge < -0.3 is 15.3 Å². The number of carbonyl (C=O) groups is 1. The Balaban J connectivity index is 1.53. The lowest BCUT2D eigenvalue weighted by Crippen LogP contribution is -2.19. The molecule has 3 fully saturated rings. The molecule has 0 unspecified atom stereocenters. The highest BCUT2D eigenvalue weighted by Gasteiger charge is 2.45. The summed E-state index contributed by atoms with van der Waals surface area (Å²) in [6.07, 6.45) is 15.0. The van der Waals surface area contributed by atoms with Gasteiger partial charge in [-0.2, -0.15) is 0 Å². The second-order valence-corrected chi connectivity index (χ2v) is 8.28. The molecule has 0 aromatic heterocycles. The van der Waals surface area contributed by atoms with Gasteiger partial charge >= 0.3 is 5.97 Å². The third-order valence-corrected chi connectivity index (χ3v) is 6.55. The van der Waals surface area contributed by atoms with Crippen LogP contribution in [0.25, 0.3) is 0 Å². The Morgan fingerprint density at radius 3 is 2.72 bits per heavy atom.